The number of fused-ring (bicyclic) bond motifs is 1. The van der Waals surface area contributed by atoms with Gasteiger partial charge in [0.15, 0.2) is 0 Å². The number of aromatic hydroxyl groups is 1. The lowest BCUT2D eigenvalue weighted by Gasteiger charge is -2.32. The third-order valence-corrected chi connectivity index (χ3v) is 4.79. The van der Waals surface area contributed by atoms with Crippen LogP contribution in [0.2, 0.25) is 0 Å². The number of phenols is 1. The Bertz CT molecular complexity index is 515. The van der Waals surface area contributed by atoms with Crippen molar-refractivity contribution in [1.29, 1.82) is 0 Å². The lowest BCUT2D eigenvalue weighted by Crippen LogP contribution is -2.41. The van der Waals surface area contributed by atoms with Crippen LogP contribution in [0.25, 0.3) is 0 Å². The van der Waals surface area contributed by atoms with Crippen LogP contribution in [-0.2, 0) is 17.8 Å². The van der Waals surface area contributed by atoms with E-state index in [2.05, 4.69) is 0 Å². The predicted octanol–water partition coefficient (Wildman–Crippen LogP) is 1.65. The van der Waals surface area contributed by atoms with Crippen molar-refractivity contribution in [2.24, 2.45) is 17.6 Å². The van der Waals surface area contributed by atoms with Crippen LogP contribution in [-0.4, -0.2) is 29.0 Å². The lowest BCUT2D eigenvalue weighted by atomic mass is 9.92. The van der Waals surface area contributed by atoms with Gasteiger partial charge in [0.25, 0.3) is 0 Å². The Morgan fingerprint density at radius 2 is 2.20 bits per heavy atom. The number of rotatable bonds is 2. The minimum absolute atomic E-state index is 0.110. The summed E-state index contributed by atoms with van der Waals surface area (Å²) in [5, 5.41) is 9.58. The van der Waals surface area contributed by atoms with E-state index in [4.69, 9.17) is 5.73 Å². The highest BCUT2D eigenvalue weighted by atomic mass is 16.3. The predicted molar refractivity (Wildman–Crippen MR) is 77.1 cm³/mol. The number of hydrogen-bond acceptors (Lipinski definition) is 3. The Morgan fingerprint density at radius 3 is 3.00 bits per heavy atom. The van der Waals surface area contributed by atoms with Gasteiger partial charge in [-0.25, -0.2) is 0 Å². The number of carbonyl (C=O) groups is 1. The molecule has 1 aromatic rings. The molecule has 2 atom stereocenters. The molecular weight excluding hydrogens is 252 g/mol. The van der Waals surface area contributed by atoms with Gasteiger partial charge < -0.3 is 15.7 Å². The van der Waals surface area contributed by atoms with E-state index in [0.717, 1.165) is 37.8 Å². The Kier molecular flexibility index (Phi) is 3.66. The highest BCUT2D eigenvalue weighted by molar-refractivity contribution is 5.79. The van der Waals surface area contributed by atoms with Gasteiger partial charge in [-0.05, 0) is 55.0 Å². The number of hydrogen-bond donors (Lipinski definition) is 2. The van der Waals surface area contributed by atoms with E-state index >= 15 is 0 Å². The average molecular weight is 274 g/mol. The summed E-state index contributed by atoms with van der Waals surface area (Å²) in [6.07, 6.45) is 4.05. The van der Waals surface area contributed by atoms with Gasteiger partial charge in [0.1, 0.15) is 5.75 Å². The van der Waals surface area contributed by atoms with Crippen LogP contribution in [0.5, 0.6) is 5.75 Å². The second-order valence-electron chi connectivity index (χ2n) is 6.00. The normalized spacial score (nSPS) is 25.6. The standard InChI is InChI=1S/C16H22N2O2/c17-9-12-2-1-3-15(12)16(20)18-7-6-11-4-5-14(19)8-13(11)10-18/h4-5,8,12,15,19H,1-3,6-7,9-10,17H2. The van der Waals surface area contributed by atoms with E-state index in [-0.39, 0.29) is 17.6 Å². The zero-order valence-electron chi connectivity index (χ0n) is 11.7. The summed E-state index contributed by atoms with van der Waals surface area (Å²) < 4.78 is 0. The molecule has 1 aliphatic heterocycles. The van der Waals surface area contributed by atoms with Crippen LogP contribution < -0.4 is 5.73 Å². The number of amides is 1. The van der Waals surface area contributed by atoms with Crippen LogP contribution in [0.4, 0.5) is 0 Å². The largest absolute Gasteiger partial charge is 0.508 e. The number of nitrogens with zero attached hydrogens (tertiary/aromatic N) is 1. The highest BCUT2D eigenvalue weighted by Crippen LogP contribution is 2.34. The highest BCUT2D eigenvalue weighted by Gasteiger charge is 2.35. The van der Waals surface area contributed by atoms with Crippen LogP contribution in [0.3, 0.4) is 0 Å². The molecule has 20 heavy (non-hydrogen) atoms. The fourth-order valence-electron chi connectivity index (χ4n) is 3.61. The Labute approximate surface area is 119 Å². The molecule has 1 aliphatic carbocycles. The van der Waals surface area contributed by atoms with Crippen molar-refractivity contribution in [3.63, 3.8) is 0 Å². The summed E-state index contributed by atoms with van der Waals surface area (Å²) in [4.78, 5) is 14.6. The molecule has 2 unspecified atom stereocenters. The molecule has 1 fully saturated rings. The fraction of sp³-hybridized carbons (Fsp3) is 0.562. The average Bonchev–Trinajstić information content (AvgIpc) is 2.94. The van der Waals surface area contributed by atoms with Gasteiger partial charge >= 0.3 is 0 Å². The minimum Gasteiger partial charge on any atom is -0.508 e. The molecule has 3 N–H and O–H groups in total. The first-order chi connectivity index (χ1) is 9.69. The van der Waals surface area contributed by atoms with Gasteiger partial charge in [-0.15, -0.1) is 0 Å². The molecule has 1 aromatic carbocycles. The minimum atomic E-state index is 0.110. The molecule has 1 heterocycles. The van der Waals surface area contributed by atoms with Crippen molar-refractivity contribution in [2.45, 2.75) is 32.2 Å². The molecule has 1 amide bonds. The van der Waals surface area contributed by atoms with Crippen molar-refractivity contribution >= 4 is 5.91 Å². The second-order valence-corrected chi connectivity index (χ2v) is 6.00. The molecule has 0 spiro atoms. The maximum atomic E-state index is 12.7. The van der Waals surface area contributed by atoms with Gasteiger partial charge in [-0.2, -0.15) is 0 Å². The monoisotopic (exact) mass is 274 g/mol. The van der Waals surface area contributed by atoms with Crippen molar-refractivity contribution in [3.8, 4) is 5.75 Å². The molecule has 3 rings (SSSR count). The Morgan fingerprint density at radius 1 is 1.35 bits per heavy atom. The van der Waals surface area contributed by atoms with Gasteiger partial charge in [0, 0.05) is 19.0 Å². The Balaban J connectivity index is 1.74. The van der Waals surface area contributed by atoms with Gasteiger partial charge in [-0.3, -0.25) is 4.79 Å². The van der Waals surface area contributed by atoms with E-state index in [1.165, 1.54) is 5.56 Å². The molecule has 2 aliphatic rings. The quantitative estimate of drug-likeness (QED) is 0.862. The summed E-state index contributed by atoms with van der Waals surface area (Å²) in [5.74, 6) is 0.998. The SMILES string of the molecule is NCC1CCCC1C(=O)N1CCc2ccc(O)cc2C1. The first kappa shape index (κ1) is 13.4. The van der Waals surface area contributed by atoms with Crippen molar-refractivity contribution in [1.82, 2.24) is 4.90 Å². The molecule has 1 saturated carbocycles. The maximum absolute atomic E-state index is 12.7. The van der Waals surface area contributed by atoms with Gasteiger partial charge in [-0.1, -0.05) is 12.5 Å². The third-order valence-electron chi connectivity index (χ3n) is 4.79. The molecule has 0 aromatic heterocycles. The zero-order valence-corrected chi connectivity index (χ0v) is 11.7. The number of benzene rings is 1. The first-order valence-electron chi connectivity index (χ1n) is 7.48. The molecule has 4 heteroatoms. The number of nitrogens with two attached hydrogens (primary N) is 1. The van der Waals surface area contributed by atoms with Crippen LogP contribution in [0, 0.1) is 11.8 Å². The van der Waals surface area contributed by atoms with Crippen LogP contribution >= 0.6 is 0 Å². The lowest BCUT2D eigenvalue weighted by molar-refractivity contribution is -0.137. The zero-order chi connectivity index (χ0) is 14.1. The Hall–Kier alpha value is -1.55. The first-order valence-corrected chi connectivity index (χ1v) is 7.48. The van der Waals surface area contributed by atoms with Crippen LogP contribution in [0.1, 0.15) is 30.4 Å². The molecule has 108 valence electrons. The summed E-state index contributed by atoms with van der Waals surface area (Å²) >= 11 is 0. The summed E-state index contributed by atoms with van der Waals surface area (Å²) in [6, 6.07) is 5.46. The molecule has 0 bridgehead atoms. The third kappa shape index (κ3) is 2.40. The van der Waals surface area contributed by atoms with Gasteiger partial charge in [0.2, 0.25) is 5.91 Å². The second kappa shape index (κ2) is 5.44. The summed E-state index contributed by atoms with van der Waals surface area (Å²) in [5.41, 5.74) is 8.10. The van der Waals surface area contributed by atoms with E-state index < -0.39 is 0 Å². The van der Waals surface area contributed by atoms with Crippen molar-refractivity contribution < 1.29 is 9.90 Å². The van der Waals surface area contributed by atoms with E-state index in [0.29, 0.717) is 19.0 Å². The fourth-order valence-corrected chi connectivity index (χ4v) is 3.61. The molecule has 0 radical (unpaired) electrons. The summed E-state index contributed by atoms with van der Waals surface area (Å²) in [7, 11) is 0. The smallest absolute Gasteiger partial charge is 0.226 e. The topological polar surface area (TPSA) is 66.6 Å². The number of carbonyl (C=O) groups excluding carboxylic acids is 1. The summed E-state index contributed by atoms with van der Waals surface area (Å²) in [6.45, 7) is 2.02. The van der Waals surface area contributed by atoms with E-state index in [9.17, 15) is 9.90 Å². The van der Waals surface area contributed by atoms with Crippen molar-refractivity contribution in [2.75, 3.05) is 13.1 Å². The molecule has 0 saturated heterocycles. The van der Waals surface area contributed by atoms with E-state index in [1.54, 1.807) is 12.1 Å². The molecule has 4 nitrogen and oxygen atoms in total. The van der Waals surface area contributed by atoms with Gasteiger partial charge in [0.05, 0.1) is 0 Å². The number of phenolic OH excluding ortho intramolecular Hbond substituents is 1. The maximum Gasteiger partial charge on any atom is 0.226 e. The van der Waals surface area contributed by atoms with Crippen LogP contribution in [0.15, 0.2) is 18.2 Å². The van der Waals surface area contributed by atoms with Crippen molar-refractivity contribution in [3.05, 3.63) is 29.3 Å². The molecular formula is C16H22N2O2. The van der Waals surface area contributed by atoms with E-state index in [1.807, 2.05) is 11.0 Å².